The van der Waals surface area contributed by atoms with E-state index in [-0.39, 0.29) is 0 Å². The molecule has 5 rings (SSSR count). The maximum Gasteiger partial charge on any atom is 0.303 e. The molecule has 1 aliphatic heterocycles. The fourth-order valence-corrected chi connectivity index (χ4v) is 5.17. The molecule has 0 spiro atoms. The summed E-state index contributed by atoms with van der Waals surface area (Å²) in [7, 11) is 0. The van der Waals surface area contributed by atoms with Crippen molar-refractivity contribution in [2.75, 3.05) is 24.7 Å². The lowest BCUT2D eigenvalue weighted by Gasteiger charge is -2.28. The number of rotatable bonds is 6. The van der Waals surface area contributed by atoms with Gasteiger partial charge in [-0.3, -0.25) is 9.69 Å². The van der Waals surface area contributed by atoms with Gasteiger partial charge in [-0.05, 0) is 79.4 Å². The first-order valence-electron chi connectivity index (χ1n) is 12.5. The summed E-state index contributed by atoms with van der Waals surface area (Å²) < 4.78 is 11.7. The molecular weight excluding hydrogens is 440 g/mol. The maximum atomic E-state index is 11.0. The van der Waals surface area contributed by atoms with E-state index in [1.54, 1.807) is 0 Å². The number of ether oxygens (including phenoxy) is 1. The van der Waals surface area contributed by atoms with Gasteiger partial charge < -0.3 is 14.3 Å². The summed E-state index contributed by atoms with van der Waals surface area (Å²) in [6, 6.07) is 17.3. The molecule has 3 aromatic rings. The highest BCUT2D eigenvalue weighted by Gasteiger charge is 2.24. The lowest BCUT2D eigenvalue weighted by atomic mass is 9.77. The van der Waals surface area contributed by atoms with Crippen molar-refractivity contribution in [2.45, 2.75) is 44.9 Å². The van der Waals surface area contributed by atoms with Crippen molar-refractivity contribution in [3.8, 4) is 0 Å². The number of carboxylic acid groups (broad SMARTS) is 1. The van der Waals surface area contributed by atoms with Gasteiger partial charge >= 0.3 is 12.0 Å². The summed E-state index contributed by atoms with van der Waals surface area (Å²) in [6.45, 7) is 3.98. The van der Waals surface area contributed by atoms with E-state index in [0.29, 0.717) is 44.0 Å². The molecule has 2 aliphatic rings. The Bertz CT molecular complexity index is 1200. The number of morpholine rings is 1. The number of aromatic nitrogens is 1. The fourth-order valence-electron chi connectivity index (χ4n) is 5.17. The summed E-state index contributed by atoms with van der Waals surface area (Å²) in [5.41, 5.74) is 6.40. The zero-order valence-corrected chi connectivity index (χ0v) is 20.2. The third-order valence-electron chi connectivity index (χ3n) is 7.24. The van der Waals surface area contributed by atoms with Gasteiger partial charge in [0.25, 0.3) is 0 Å². The molecule has 0 bridgehead atoms. The van der Waals surface area contributed by atoms with Gasteiger partial charge in [-0.1, -0.05) is 42.5 Å². The smallest absolute Gasteiger partial charge is 0.303 e. The number of fused-ring (bicyclic) bond motifs is 1. The van der Waals surface area contributed by atoms with E-state index in [1.807, 2.05) is 24.3 Å². The Morgan fingerprint density at radius 2 is 1.89 bits per heavy atom. The molecule has 1 saturated carbocycles. The van der Waals surface area contributed by atoms with Crippen molar-refractivity contribution in [3.63, 3.8) is 0 Å². The minimum Gasteiger partial charge on any atom is -0.481 e. The van der Waals surface area contributed by atoms with E-state index in [4.69, 9.17) is 14.3 Å². The van der Waals surface area contributed by atoms with Crippen LogP contribution in [0.25, 0.3) is 16.7 Å². The van der Waals surface area contributed by atoms with E-state index in [1.165, 1.54) is 16.7 Å². The Kier molecular flexibility index (Phi) is 7.00. The lowest BCUT2D eigenvalue weighted by molar-refractivity contribution is -0.138. The lowest BCUT2D eigenvalue weighted by Crippen LogP contribution is -2.34. The first-order valence-corrected chi connectivity index (χ1v) is 12.5. The second-order valence-corrected chi connectivity index (χ2v) is 9.61. The number of nitrogens with zero attached hydrogens (tertiary/aromatic N) is 2. The van der Waals surface area contributed by atoms with E-state index in [9.17, 15) is 4.79 Å². The average molecular weight is 473 g/mol. The molecule has 1 N–H and O–H groups in total. The Labute approximate surface area is 205 Å². The molecule has 0 amide bonds. The van der Waals surface area contributed by atoms with E-state index in [0.717, 1.165) is 42.5 Å². The third kappa shape index (κ3) is 5.49. The number of aliphatic carboxylic acids is 1. The summed E-state index contributed by atoms with van der Waals surface area (Å²) in [6.07, 6.45) is 8.69. The molecule has 0 radical (unpaired) electrons. The molecule has 1 aliphatic carbocycles. The van der Waals surface area contributed by atoms with Gasteiger partial charge in [-0.25, -0.2) is 0 Å². The largest absolute Gasteiger partial charge is 0.481 e. The summed E-state index contributed by atoms with van der Waals surface area (Å²) >= 11 is 0. The molecule has 2 fully saturated rings. The number of oxazole rings is 1. The molecule has 0 unspecified atom stereocenters. The third-order valence-corrected chi connectivity index (χ3v) is 7.24. The van der Waals surface area contributed by atoms with Crippen LogP contribution in [0, 0.1) is 5.92 Å². The zero-order chi connectivity index (χ0) is 24.2. The fraction of sp³-hybridized carbons (Fsp3) is 0.379. The van der Waals surface area contributed by atoms with Crippen LogP contribution < -0.4 is 4.90 Å². The van der Waals surface area contributed by atoms with Crippen LogP contribution in [0.5, 0.6) is 0 Å². The summed E-state index contributed by atoms with van der Waals surface area (Å²) in [5.74, 6) is 0.191. The molecule has 6 nitrogen and oxygen atoms in total. The normalized spacial score (nSPS) is 22.6. The van der Waals surface area contributed by atoms with Gasteiger partial charge in [-0.15, -0.1) is 0 Å². The first kappa shape index (κ1) is 23.4. The number of hydrogen-bond acceptors (Lipinski definition) is 5. The highest BCUT2D eigenvalue weighted by Crippen LogP contribution is 2.37. The molecular formula is C29H32N2O4. The molecule has 2 aromatic carbocycles. The average Bonchev–Trinajstić information content (AvgIpc) is 3.32. The molecule has 35 heavy (non-hydrogen) atoms. The van der Waals surface area contributed by atoms with Crippen molar-refractivity contribution >= 4 is 28.7 Å². The number of hydrogen-bond donors (Lipinski definition) is 1. The monoisotopic (exact) mass is 472 g/mol. The van der Waals surface area contributed by atoms with Crippen LogP contribution in [0.4, 0.5) is 6.01 Å². The number of allylic oxidation sites excluding steroid dienone is 3. The summed E-state index contributed by atoms with van der Waals surface area (Å²) in [5, 5.41) is 9.03. The quantitative estimate of drug-likeness (QED) is 0.447. The second kappa shape index (κ2) is 10.5. The first-order chi connectivity index (χ1) is 17.1. The predicted octanol–water partition coefficient (Wildman–Crippen LogP) is 6.40. The van der Waals surface area contributed by atoms with Gasteiger partial charge in [0.1, 0.15) is 5.52 Å². The molecule has 182 valence electrons. The van der Waals surface area contributed by atoms with Crippen molar-refractivity contribution in [2.24, 2.45) is 5.92 Å². The van der Waals surface area contributed by atoms with Gasteiger partial charge in [0.2, 0.25) is 0 Å². The Hall–Kier alpha value is -3.38. The number of anilines is 1. The standard InChI is InChI=1S/C29H32N2O4/c1-20(22-11-13-24(14-12-22)23-9-7-21(8-10-23)18-28(32)33)6-15-25-19-34-17-16-31(25)29-30-26-4-2-3-5-27(26)35-29/h2-6,11-15,21,23H,7-10,16-19H2,1H3,(H,32,33). The van der Waals surface area contributed by atoms with Crippen LogP contribution in [0.3, 0.4) is 0 Å². The Balaban J connectivity index is 1.27. The summed E-state index contributed by atoms with van der Waals surface area (Å²) in [4.78, 5) is 17.7. The molecule has 2 heterocycles. The van der Waals surface area contributed by atoms with Crippen LogP contribution in [0.2, 0.25) is 0 Å². The van der Waals surface area contributed by atoms with Crippen LogP contribution in [0.15, 0.2) is 70.8 Å². The Morgan fingerprint density at radius 3 is 2.63 bits per heavy atom. The number of carbonyl (C=O) groups is 1. The van der Waals surface area contributed by atoms with Gasteiger partial charge in [0, 0.05) is 12.1 Å². The van der Waals surface area contributed by atoms with E-state index in [2.05, 4.69) is 53.2 Å². The van der Waals surface area contributed by atoms with Crippen LogP contribution in [0.1, 0.15) is 56.1 Å². The maximum absolute atomic E-state index is 11.0. The van der Waals surface area contributed by atoms with Crippen LogP contribution in [-0.4, -0.2) is 35.8 Å². The van der Waals surface area contributed by atoms with Crippen molar-refractivity contribution < 1.29 is 19.1 Å². The van der Waals surface area contributed by atoms with E-state index < -0.39 is 5.97 Å². The Morgan fingerprint density at radius 1 is 1.11 bits per heavy atom. The number of para-hydroxylation sites is 2. The predicted molar refractivity (Wildman–Crippen MR) is 137 cm³/mol. The van der Waals surface area contributed by atoms with Gasteiger partial charge in [0.05, 0.1) is 19.8 Å². The highest BCUT2D eigenvalue weighted by molar-refractivity contribution is 5.75. The number of benzene rings is 2. The molecule has 0 atom stereocenters. The molecule has 1 aromatic heterocycles. The van der Waals surface area contributed by atoms with E-state index >= 15 is 0 Å². The molecule has 1 saturated heterocycles. The van der Waals surface area contributed by atoms with Crippen LogP contribution in [-0.2, 0) is 9.53 Å². The minimum atomic E-state index is -0.674. The van der Waals surface area contributed by atoms with Crippen molar-refractivity contribution in [3.05, 3.63) is 77.5 Å². The van der Waals surface area contributed by atoms with Gasteiger partial charge in [0.15, 0.2) is 5.58 Å². The zero-order valence-electron chi connectivity index (χ0n) is 20.2. The minimum absolute atomic E-state index is 0.306. The van der Waals surface area contributed by atoms with Gasteiger partial charge in [-0.2, -0.15) is 4.98 Å². The van der Waals surface area contributed by atoms with Crippen LogP contribution >= 0.6 is 0 Å². The number of carboxylic acids is 1. The molecule has 6 heteroatoms. The second-order valence-electron chi connectivity index (χ2n) is 9.61. The highest BCUT2D eigenvalue weighted by atomic mass is 16.5. The van der Waals surface area contributed by atoms with Crippen molar-refractivity contribution in [1.82, 2.24) is 4.98 Å². The van der Waals surface area contributed by atoms with Crippen molar-refractivity contribution in [1.29, 1.82) is 0 Å². The SMILES string of the molecule is CC(=CC=C1COCCN1c1nc2ccccc2o1)c1ccc(C2CCC(CC(=O)O)CC2)cc1. The topological polar surface area (TPSA) is 75.8 Å².